The van der Waals surface area contributed by atoms with Gasteiger partial charge < -0.3 is 20.9 Å². The lowest BCUT2D eigenvalue weighted by atomic mass is 9.96. The van der Waals surface area contributed by atoms with Gasteiger partial charge in [0.25, 0.3) is 0 Å². The third kappa shape index (κ3) is 4.12. The van der Waals surface area contributed by atoms with Crippen LogP contribution in [0.15, 0.2) is 6.07 Å². The van der Waals surface area contributed by atoms with Gasteiger partial charge in [0.2, 0.25) is 0 Å². The summed E-state index contributed by atoms with van der Waals surface area (Å²) in [6.45, 7) is 6.41. The highest BCUT2D eigenvalue weighted by atomic mass is 16.5. The maximum absolute atomic E-state index is 9.20. The second-order valence-corrected chi connectivity index (χ2v) is 5.23. The van der Waals surface area contributed by atoms with Gasteiger partial charge in [0, 0.05) is 18.6 Å². The largest absolute Gasteiger partial charge is 0.394 e. The zero-order chi connectivity index (χ0) is 13.8. The highest BCUT2D eigenvalue weighted by Crippen LogP contribution is 2.21. The van der Waals surface area contributed by atoms with Crippen molar-refractivity contribution in [1.82, 2.24) is 9.97 Å². The minimum absolute atomic E-state index is 0.0391. The molecule has 6 heteroatoms. The molecule has 0 bridgehead atoms. The molecular formula is C12H22N4O2. The van der Waals surface area contributed by atoms with Gasteiger partial charge in [-0.3, -0.25) is 0 Å². The number of rotatable bonds is 5. The van der Waals surface area contributed by atoms with E-state index in [9.17, 15) is 5.11 Å². The van der Waals surface area contributed by atoms with Crippen LogP contribution in [0.2, 0.25) is 0 Å². The molecule has 1 aromatic rings. The Bertz CT molecular complexity index is 390. The summed E-state index contributed by atoms with van der Waals surface area (Å²) in [5, 5.41) is 12.3. The van der Waals surface area contributed by atoms with Gasteiger partial charge >= 0.3 is 0 Å². The van der Waals surface area contributed by atoms with Crippen molar-refractivity contribution in [2.75, 3.05) is 31.4 Å². The van der Waals surface area contributed by atoms with Gasteiger partial charge in [0.1, 0.15) is 17.5 Å². The van der Waals surface area contributed by atoms with E-state index in [1.807, 2.05) is 20.8 Å². The Labute approximate surface area is 108 Å². The molecule has 1 rings (SSSR count). The van der Waals surface area contributed by atoms with Crippen molar-refractivity contribution in [2.24, 2.45) is 0 Å². The van der Waals surface area contributed by atoms with E-state index in [2.05, 4.69) is 15.3 Å². The van der Waals surface area contributed by atoms with Crippen LogP contribution in [-0.4, -0.2) is 41.4 Å². The van der Waals surface area contributed by atoms with E-state index in [0.29, 0.717) is 24.1 Å². The van der Waals surface area contributed by atoms with Crippen molar-refractivity contribution in [2.45, 2.75) is 32.2 Å². The topological polar surface area (TPSA) is 93.3 Å². The molecule has 0 saturated heterocycles. The van der Waals surface area contributed by atoms with Gasteiger partial charge in [0.05, 0.1) is 19.3 Å². The van der Waals surface area contributed by atoms with Crippen molar-refractivity contribution >= 4 is 11.6 Å². The average Bonchev–Trinajstić information content (AvgIpc) is 2.26. The Morgan fingerprint density at radius 1 is 1.44 bits per heavy atom. The van der Waals surface area contributed by atoms with E-state index in [4.69, 9.17) is 10.5 Å². The maximum Gasteiger partial charge on any atom is 0.138 e. The lowest BCUT2D eigenvalue weighted by molar-refractivity contribution is 0.153. The maximum atomic E-state index is 9.20. The second kappa shape index (κ2) is 5.97. The molecule has 0 radical (unpaired) electrons. The molecule has 1 atom stereocenters. The van der Waals surface area contributed by atoms with Gasteiger partial charge in [-0.1, -0.05) is 20.8 Å². The van der Waals surface area contributed by atoms with Crippen LogP contribution < -0.4 is 11.1 Å². The fraction of sp³-hybridized carbons (Fsp3) is 0.667. The second-order valence-electron chi connectivity index (χ2n) is 5.23. The molecule has 0 aliphatic carbocycles. The van der Waals surface area contributed by atoms with Crippen LogP contribution in [-0.2, 0) is 10.2 Å². The van der Waals surface area contributed by atoms with Crippen LogP contribution in [0.25, 0.3) is 0 Å². The predicted molar refractivity (Wildman–Crippen MR) is 71.5 cm³/mol. The molecule has 0 aliphatic heterocycles. The smallest absolute Gasteiger partial charge is 0.138 e. The number of methoxy groups -OCH3 is 1. The number of anilines is 2. The highest BCUT2D eigenvalue weighted by molar-refractivity contribution is 5.46. The van der Waals surface area contributed by atoms with E-state index in [0.717, 1.165) is 0 Å². The number of hydrogen-bond acceptors (Lipinski definition) is 6. The van der Waals surface area contributed by atoms with E-state index < -0.39 is 0 Å². The predicted octanol–water partition coefficient (Wildman–Crippen LogP) is 0.775. The molecule has 1 unspecified atom stereocenters. The molecule has 0 aromatic carbocycles. The molecular weight excluding hydrogens is 232 g/mol. The SMILES string of the molecule is COCC(CO)Nc1cc(N)nc(C(C)(C)C)n1. The van der Waals surface area contributed by atoms with Crippen LogP contribution in [0.3, 0.4) is 0 Å². The van der Waals surface area contributed by atoms with Crippen molar-refractivity contribution in [1.29, 1.82) is 0 Å². The molecule has 0 saturated carbocycles. The molecule has 0 aliphatic rings. The normalized spacial score (nSPS) is 13.4. The molecule has 6 nitrogen and oxygen atoms in total. The first-order chi connectivity index (χ1) is 8.36. The number of nitrogens with one attached hydrogen (secondary N) is 1. The fourth-order valence-corrected chi connectivity index (χ4v) is 1.43. The first-order valence-electron chi connectivity index (χ1n) is 5.88. The quantitative estimate of drug-likeness (QED) is 0.719. The Morgan fingerprint density at radius 2 is 2.11 bits per heavy atom. The number of hydrogen-bond donors (Lipinski definition) is 3. The summed E-state index contributed by atoms with van der Waals surface area (Å²) in [7, 11) is 1.58. The molecule has 0 amide bonds. The average molecular weight is 254 g/mol. The first-order valence-corrected chi connectivity index (χ1v) is 5.88. The number of nitrogens with zero attached hydrogens (tertiary/aromatic N) is 2. The van der Waals surface area contributed by atoms with Gasteiger partial charge in [-0.2, -0.15) is 0 Å². The van der Waals surface area contributed by atoms with Crippen molar-refractivity contribution in [3.63, 3.8) is 0 Å². The van der Waals surface area contributed by atoms with Crippen LogP contribution in [0, 0.1) is 0 Å². The summed E-state index contributed by atoms with van der Waals surface area (Å²) in [6, 6.07) is 1.44. The summed E-state index contributed by atoms with van der Waals surface area (Å²) in [6.07, 6.45) is 0. The molecule has 1 heterocycles. The molecule has 1 aromatic heterocycles. The van der Waals surface area contributed by atoms with Crippen LogP contribution in [0.4, 0.5) is 11.6 Å². The molecule has 0 spiro atoms. The standard InChI is InChI=1S/C12H22N4O2/c1-12(2,3)11-15-9(13)5-10(16-11)14-8(6-17)7-18-4/h5,8,17H,6-7H2,1-4H3,(H3,13,14,15,16). The number of aliphatic hydroxyl groups excluding tert-OH is 1. The zero-order valence-electron chi connectivity index (χ0n) is 11.4. The van der Waals surface area contributed by atoms with E-state index in [-0.39, 0.29) is 18.1 Å². The van der Waals surface area contributed by atoms with E-state index in [1.165, 1.54) is 0 Å². The van der Waals surface area contributed by atoms with Crippen LogP contribution in [0.1, 0.15) is 26.6 Å². The number of nitrogens with two attached hydrogens (primary N) is 1. The number of nitrogen functional groups attached to an aromatic ring is 1. The summed E-state index contributed by atoms with van der Waals surface area (Å²) < 4.78 is 5.00. The number of aliphatic hydroxyl groups is 1. The summed E-state index contributed by atoms with van der Waals surface area (Å²) in [5.74, 6) is 1.68. The fourth-order valence-electron chi connectivity index (χ4n) is 1.43. The third-order valence-electron chi connectivity index (χ3n) is 2.36. The Balaban J connectivity index is 2.92. The summed E-state index contributed by atoms with van der Waals surface area (Å²) in [4.78, 5) is 8.62. The highest BCUT2D eigenvalue weighted by Gasteiger charge is 2.19. The Morgan fingerprint density at radius 3 is 2.61 bits per heavy atom. The summed E-state index contributed by atoms with van der Waals surface area (Å²) >= 11 is 0. The lowest BCUT2D eigenvalue weighted by Crippen LogP contribution is -2.30. The van der Waals surface area contributed by atoms with Gasteiger partial charge in [-0.05, 0) is 0 Å². The third-order valence-corrected chi connectivity index (χ3v) is 2.36. The van der Waals surface area contributed by atoms with Gasteiger partial charge in [-0.25, -0.2) is 9.97 Å². The van der Waals surface area contributed by atoms with Crippen LogP contribution in [0.5, 0.6) is 0 Å². The van der Waals surface area contributed by atoms with Crippen molar-refractivity contribution in [3.8, 4) is 0 Å². The molecule has 4 N–H and O–H groups in total. The number of ether oxygens (including phenoxy) is 1. The van der Waals surface area contributed by atoms with Crippen molar-refractivity contribution < 1.29 is 9.84 Å². The Hall–Kier alpha value is -1.40. The van der Waals surface area contributed by atoms with E-state index >= 15 is 0 Å². The minimum atomic E-state index is -0.211. The van der Waals surface area contributed by atoms with E-state index in [1.54, 1.807) is 13.2 Å². The molecule has 18 heavy (non-hydrogen) atoms. The van der Waals surface area contributed by atoms with Crippen LogP contribution >= 0.6 is 0 Å². The molecule has 0 fully saturated rings. The monoisotopic (exact) mass is 254 g/mol. The zero-order valence-corrected chi connectivity index (χ0v) is 11.4. The minimum Gasteiger partial charge on any atom is -0.394 e. The lowest BCUT2D eigenvalue weighted by Gasteiger charge is -2.20. The first kappa shape index (κ1) is 14.7. The summed E-state index contributed by atoms with van der Waals surface area (Å²) in [5.41, 5.74) is 5.58. The molecule has 102 valence electrons. The Kier molecular flexibility index (Phi) is 4.86. The van der Waals surface area contributed by atoms with Gasteiger partial charge in [-0.15, -0.1) is 0 Å². The van der Waals surface area contributed by atoms with Gasteiger partial charge in [0.15, 0.2) is 0 Å². The number of aromatic nitrogens is 2. The van der Waals surface area contributed by atoms with Crippen molar-refractivity contribution in [3.05, 3.63) is 11.9 Å².